The van der Waals surface area contributed by atoms with Crippen LogP contribution >= 0.6 is 0 Å². The molecule has 1 aromatic carbocycles. The highest BCUT2D eigenvalue weighted by molar-refractivity contribution is 6.01. The second kappa shape index (κ2) is 18.1. The molecule has 4 heteroatoms. The number of benzene rings is 1. The summed E-state index contributed by atoms with van der Waals surface area (Å²) in [6.07, 6.45) is 19.2. The van der Waals surface area contributed by atoms with Crippen LogP contribution in [0.25, 0.3) is 0 Å². The first-order valence-corrected chi connectivity index (χ1v) is 19.8. The highest BCUT2D eigenvalue weighted by Gasteiger charge is 2.42. The SMILES string of the molecule is CCCC(CC1CC(=O)c2c(ccc(CC(=O)CCCCC(CC)C3CCC4CCCC4C3CC)c2C)C1)C(CC)C(=O)CC(C)=O. The molecule has 2 fully saturated rings. The molecule has 0 saturated heterocycles. The molecule has 0 aromatic heterocycles. The largest absolute Gasteiger partial charge is 0.300 e. The Morgan fingerprint density at radius 1 is 0.915 bits per heavy atom. The molecule has 0 N–H and O–H groups in total. The third-order valence-electron chi connectivity index (χ3n) is 13.0. The molecule has 0 heterocycles. The number of carbonyl (C=O) groups excluding carboxylic acids is 4. The normalized spacial score (nSPS) is 25.9. The summed E-state index contributed by atoms with van der Waals surface area (Å²) in [6, 6.07) is 4.19. The molecule has 47 heavy (non-hydrogen) atoms. The predicted octanol–water partition coefficient (Wildman–Crippen LogP) is 10.7. The monoisotopic (exact) mass is 646 g/mol. The fraction of sp³-hybridized carbons (Fsp3) is 0.767. The van der Waals surface area contributed by atoms with Crippen LogP contribution in [0, 0.1) is 54.3 Å². The van der Waals surface area contributed by atoms with Gasteiger partial charge in [-0.3, -0.25) is 19.2 Å². The first-order valence-electron chi connectivity index (χ1n) is 19.8. The number of Topliss-reactive ketones (excluding diaryl/α,β-unsaturated/α-hetero) is 4. The van der Waals surface area contributed by atoms with Crippen LogP contribution in [-0.2, 0) is 27.2 Å². The molecule has 4 nitrogen and oxygen atoms in total. The highest BCUT2D eigenvalue weighted by atomic mass is 16.1. The molecular formula is C43H66O4. The molecule has 0 aliphatic heterocycles. The molecular weight excluding hydrogens is 580 g/mol. The van der Waals surface area contributed by atoms with Crippen LogP contribution in [-0.4, -0.2) is 23.1 Å². The molecule has 262 valence electrons. The van der Waals surface area contributed by atoms with Gasteiger partial charge in [-0.1, -0.05) is 91.2 Å². The molecule has 3 aliphatic rings. The van der Waals surface area contributed by atoms with E-state index >= 15 is 0 Å². The van der Waals surface area contributed by atoms with Gasteiger partial charge in [0, 0.05) is 30.7 Å². The van der Waals surface area contributed by atoms with Crippen LogP contribution < -0.4 is 0 Å². The lowest BCUT2D eigenvalue weighted by molar-refractivity contribution is -0.130. The Morgan fingerprint density at radius 3 is 2.38 bits per heavy atom. The molecule has 8 unspecified atom stereocenters. The molecule has 8 atom stereocenters. The summed E-state index contributed by atoms with van der Waals surface area (Å²) in [7, 11) is 0. The first kappa shape index (κ1) is 37.7. The predicted molar refractivity (Wildman–Crippen MR) is 193 cm³/mol. The van der Waals surface area contributed by atoms with E-state index in [4.69, 9.17) is 0 Å². The van der Waals surface area contributed by atoms with Crippen molar-refractivity contribution in [2.24, 2.45) is 47.3 Å². The summed E-state index contributed by atoms with van der Waals surface area (Å²) in [5.41, 5.74) is 3.94. The van der Waals surface area contributed by atoms with Gasteiger partial charge in [-0.2, -0.15) is 0 Å². The molecule has 1 aromatic rings. The van der Waals surface area contributed by atoms with Gasteiger partial charge in [0.2, 0.25) is 0 Å². The van der Waals surface area contributed by atoms with Crippen molar-refractivity contribution < 1.29 is 19.2 Å². The van der Waals surface area contributed by atoms with E-state index in [1.54, 1.807) is 0 Å². The van der Waals surface area contributed by atoms with Crippen molar-refractivity contribution >= 4 is 23.1 Å². The Hall–Kier alpha value is -2.10. The van der Waals surface area contributed by atoms with Gasteiger partial charge in [0.1, 0.15) is 17.3 Å². The maximum atomic E-state index is 13.6. The van der Waals surface area contributed by atoms with Crippen molar-refractivity contribution in [3.63, 3.8) is 0 Å². The van der Waals surface area contributed by atoms with Crippen LogP contribution in [0.3, 0.4) is 0 Å². The summed E-state index contributed by atoms with van der Waals surface area (Å²) in [6.45, 7) is 12.5. The number of ketones is 4. The lowest BCUT2D eigenvalue weighted by Crippen LogP contribution is -2.35. The minimum atomic E-state index is -0.112. The maximum Gasteiger partial charge on any atom is 0.163 e. The average molecular weight is 647 g/mol. The zero-order valence-corrected chi connectivity index (χ0v) is 30.8. The third-order valence-corrected chi connectivity index (χ3v) is 13.0. The van der Waals surface area contributed by atoms with Gasteiger partial charge in [-0.15, -0.1) is 0 Å². The van der Waals surface area contributed by atoms with E-state index in [1.165, 1.54) is 58.3 Å². The van der Waals surface area contributed by atoms with Gasteiger partial charge in [-0.25, -0.2) is 0 Å². The minimum absolute atomic E-state index is 0.0195. The molecule has 0 radical (unpaired) electrons. The van der Waals surface area contributed by atoms with E-state index in [0.717, 1.165) is 96.8 Å². The Balaban J connectivity index is 1.30. The summed E-state index contributed by atoms with van der Waals surface area (Å²) in [4.78, 5) is 51.3. The second-order valence-electron chi connectivity index (χ2n) is 16.0. The van der Waals surface area contributed by atoms with E-state index < -0.39 is 0 Å². The van der Waals surface area contributed by atoms with Crippen LogP contribution in [0.15, 0.2) is 12.1 Å². The molecule has 4 rings (SSSR count). The Morgan fingerprint density at radius 2 is 1.70 bits per heavy atom. The van der Waals surface area contributed by atoms with Gasteiger partial charge < -0.3 is 0 Å². The van der Waals surface area contributed by atoms with Crippen molar-refractivity contribution in [3.8, 4) is 0 Å². The third kappa shape index (κ3) is 9.54. The van der Waals surface area contributed by atoms with E-state index in [0.29, 0.717) is 25.0 Å². The molecule has 0 spiro atoms. The lowest BCUT2D eigenvalue weighted by Gasteiger charge is -2.43. The number of hydrogen-bond donors (Lipinski definition) is 0. The topological polar surface area (TPSA) is 68.3 Å². The van der Waals surface area contributed by atoms with Crippen LogP contribution in [0.5, 0.6) is 0 Å². The molecule has 2 saturated carbocycles. The maximum absolute atomic E-state index is 13.6. The number of hydrogen-bond acceptors (Lipinski definition) is 4. The van der Waals surface area contributed by atoms with Gasteiger partial charge in [0.25, 0.3) is 0 Å². The Bertz CT molecular complexity index is 1230. The van der Waals surface area contributed by atoms with Crippen molar-refractivity contribution in [1.29, 1.82) is 0 Å². The second-order valence-corrected chi connectivity index (χ2v) is 16.0. The van der Waals surface area contributed by atoms with Crippen molar-refractivity contribution in [2.75, 3.05) is 0 Å². The molecule has 0 bridgehead atoms. The smallest absolute Gasteiger partial charge is 0.163 e. The number of fused-ring (bicyclic) bond motifs is 2. The van der Waals surface area contributed by atoms with E-state index in [1.807, 2.05) is 13.8 Å². The van der Waals surface area contributed by atoms with Crippen LogP contribution in [0.2, 0.25) is 0 Å². The number of unbranched alkanes of at least 4 members (excludes halogenated alkanes) is 1. The quantitative estimate of drug-likeness (QED) is 0.111. The fourth-order valence-corrected chi connectivity index (χ4v) is 10.8. The zero-order valence-electron chi connectivity index (χ0n) is 30.8. The van der Waals surface area contributed by atoms with E-state index in [9.17, 15) is 19.2 Å². The van der Waals surface area contributed by atoms with Crippen molar-refractivity contribution in [2.45, 2.75) is 164 Å². The van der Waals surface area contributed by atoms with Crippen LogP contribution in [0.1, 0.15) is 171 Å². The summed E-state index contributed by atoms with van der Waals surface area (Å²) in [5.74, 6) is 5.37. The standard InChI is InChI=1S/C43H66O4/c1-7-14-34(37(9-3)41(46)23-28(5)44)24-30-25-35-20-19-33(29(6)43(35)42(47)26-30)27-36(45)17-12-11-15-31(8-2)40-22-21-32-16-13-18-39(32)38(40)10-4/h19-20,30-32,34,37-40H,7-18,21-27H2,1-6H3. The Labute approximate surface area is 287 Å². The van der Waals surface area contributed by atoms with Crippen LogP contribution in [0.4, 0.5) is 0 Å². The van der Waals surface area contributed by atoms with Gasteiger partial charge >= 0.3 is 0 Å². The highest BCUT2D eigenvalue weighted by Crippen LogP contribution is 2.52. The van der Waals surface area contributed by atoms with Crippen molar-refractivity contribution in [1.82, 2.24) is 0 Å². The minimum Gasteiger partial charge on any atom is -0.300 e. The van der Waals surface area contributed by atoms with E-state index in [2.05, 4.69) is 32.9 Å². The average Bonchev–Trinajstić information content (AvgIpc) is 3.51. The lowest BCUT2D eigenvalue weighted by atomic mass is 9.62. The summed E-state index contributed by atoms with van der Waals surface area (Å²) < 4.78 is 0. The fourth-order valence-electron chi connectivity index (χ4n) is 10.8. The zero-order chi connectivity index (χ0) is 34.1. The Kier molecular flexibility index (Phi) is 14.5. The van der Waals surface area contributed by atoms with Crippen molar-refractivity contribution in [3.05, 3.63) is 34.4 Å². The molecule has 3 aliphatic carbocycles. The number of carbonyl (C=O) groups is 4. The van der Waals surface area contributed by atoms with Gasteiger partial charge in [0.05, 0.1) is 6.42 Å². The van der Waals surface area contributed by atoms with Gasteiger partial charge in [-0.05, 0) is 117 Å². The molecule has 0 amide bonds. The van der Waals surface area contributed by atoms with E-state index in [-0.39, 0.29) is 41.5 Å². The van der Waals surface area contributed by atoms with Gasteiger partial charge in [0.15, 0.2) is 5.78 Å². The number of rotatable bonds is 19. The summed E-state index contributed by atoms with van der Waals surface area (Å²) in [5, 5.41) is 0. The summed E-state index contributed by atoms with van der Waals surface area (Å²) >= 11 is 0. The first-order chi connectivity index (χ1) is 22.6.